The minimum atomic E-state index is -0.321. The van der Waals surface area contributed by atoms with Crippen LogP contribution in [0.3, 0.4) is 0 Å². The lowest BCUT2D eigenvalue weighted by molar-refractivity contribution is -0.113. The molecule has 2 amide bonds. The van der Waals surface area contributed by atoms with Crippen molar-refractivity contribution in [3.8, 4) is 0 Å². The maximum Gasteiger partial charge on any atom is 0.291 e. The fraction of sp³-hybridized carbons (Fsp3) is 0.0526. The van der Waals surface area contributed by atoms with Crippen LogP contribution in [0, 0.1) is 0 Å². The Labute approximate surface area is 170 Å². The van der Waals surface area contributed by atoms with Gasteiger partial charge >= 0.3 is 0 Å². The van der Waals surface area contributed by atoms with Crippen molar-refractivity contribution in [1.29, 1.82) is 0 Å². The lowest BCUT2D eigenvalue weighted by atomic mass is 10.3. The SMILES string of the molecule is O=C(CSc1ccc(NC(=O)c2ccco2)cc1)Nc1cc(Cl)ccc1Cl. The zero-order valence-corrected chi connectivity index (χ0v) is 16.2. The summed E-state index contributed by atoms with van der Waals surface area (Å²) in [5, 5.41) is 6.38. The van der Waals surface area contributed by atoms with Crippen LogP contribution in [0.5, 0.6) is 0 Å². The van der Waals surface area contributed by atoms with Gasteiger partial charge in [0.25, 0.3) is 5.91 Å². The highest BCUT2D eigenvalue weighted by Crippen LogP contribution is 2.26. The molecule has 0 atom stereocenters. The molecule has 0 spiro atoms. The van der Waals surface area contributed by atoms with E-state index in [2.05, 4.69) is 10.6 Å². The third-order valence-electron chi connectivity index (χ3n) is 3.43. The van der Waals surface area contributed by atoms with Gasteiger partial charge < -0.3 is 15.1 Å². The monoisotopic (exact) mass is 420 g/mol. The third-order valence-corrected chi connectivity index (χ3v) is 5.01. The molecule has 0 saturated heterocycles. The normalized spacial score (nSPS) is 10.4. The van der Waals surface area contributed by atoms with E-state index in [-0.39, 0.29) is 23.3 Å². The standard InChI is InChI=1S/C19H14Cl2N2O3S/c20-12-3-8-15(21)16(10-12)23-18(24)11-27-14-6-4-13(5-7-14)22-19(25)17-2-1-9-26-17/h1-10H,11H2,(H,22,25)(H,23,24). The average molecular weight is 421 g/mol. The van der Waals surface area contributed by atoms with Crippen LogP contribution in [0.2, 0.25) is 10.0 Å². The summed E-state index contributed by atoms with van der Waals surface area (Å²) in [6.45, 7) is 0. The Balaban J connectivity index is 1.51. The fourth-order valence-electron chi connectivity index (χ4n) is 2.16. The van der Waals surface area contributed by atoms with Crippen molar-refractivity contribution >= 4 is 58.2 Å². The molecule has 1 heterocycles. The molecule has 1 aromatic heterocycles. The van der Waals surface area contributed by atoms with E-state index in [1.807, 2.05) is 12.1 Å². The average Bonchev–Trinajstić information content (AvgIpc) is 3.19. The Bertz CT molecular complexity index is 944. The summed E-state index contributed by atoms with van der Waals surface area (Å²) in [6, 6.07) is 15.3. The van der Waals surface area contributed by atoms with E-state index in [0.29, 0.717) is 21.4 Å². The number of amides is 2. The van der Waals surface area contributed by atoms with Gasteiger partial charge in [-0.3, -0.25) is 9.59 Å². The van der Waals surface area contributed by atoms with Gasteiger partial charge in [0.2, 0.25) is 5.91 Å². The van der Waals surface area contributed by atoms with Crippen molar-refractivity contribution < 1.29 is 14.0 Å². The van der Waals surface area contributed by atoms with Gasteiger partial charge in [-0.15, -0.1) is 11.8 Å². The van der Waals surface area contributed by atoms with Gasteiger partial charge in [0, 0.05) is 15.6 Å². The fourth-order valence-corrected chi connectivity index (χ4v) is 3.20. The Hall–Kier alpha value is -2.41. The quantitative estimate of drug-likeness (QED) is 0.511. The van der Waals surface area contributed by atoms with E-state index in [0.717, 1.165) is 4.90 Å². The Morgan fingerprint density at radius 2 is 1.78 bits per heavy atom. The number of rotatable bonds is 6. The van der Waals surface area contributed by atoms with Crippen molar-refractivity contribution in [2.45, 2.75) is 4.90 Å². The Morgan fingerprint density at radius 3 is 2.48 bits per heavy atom. The molecule has 8 heteroatoms. The Kier molecular flexibility index (Phi) is 6.45. The molecule has 0 unspecified atom stereocenters. The summed E-state index contributed by atoms with van der Waals surface area (Å²) in [6.07, 6.45) is 1.44. The van der Waals surface area contributed by atoms with Gasteiger partial charge in [-0.1, -0.05) is 23.2 Å². The highest BCUT2D eigenvalue weighted by Gasteiger charge is 2.10. The molecule has 0 saturated carbocycles. The first-order valence-electron chi connectivity index (χ1n) is 7.84. The number of furan rings is 1. The second-order valence-electron chi connectivity index (χ2n) is 5.42. The molecule has 3 rings (SSSR count). The van der Waals surface area contributed by atoms with E-state index in [1.54, 1.807) is 42.5 Å². The van der Waals surface area contributed by atoms with Crippen LogP contribution in [0.4, 0.5) is 11.4 Å². The van der Waals surface area contributed by atoms with Gasteiger partial charge in [-0.2, -0.15) is 0 Å². The minimum absolute atomic E-state index is 0.195. The molecule has 27 heavy (non-hydrogen) atoms. The molecule has 2 aromatic carbocycles. The number of halogens is 2. The molecule has 2 N–H and O–H groups in total. The molecule has 5 nitrogen and oxygen atoms in total. The van der Waals surface area contributed by atoms with Crippen LogP contribution in [0.15, 0.2) is 70.2 Å². The summed E-state index contributed by atoms with van der Waals surface area (Å²) >= 11 is 13.3. The first-order chi connectivity index (χ1) is 13.0. The van der Waals surface area contributed by atoms with Gasteiger partial charge in [0.15, 0.2) is 5.76 Å². The summed E-state index contributed by atoms with van der Waals surface area (Å²) in [7, 11) is 0. The summed E-state index contributed by atoms with van der Waals surface area (Å²) in [5.74, 6) is -0.0663. The number of thioether (sulfide) groups is 1. The maximum absolute atomic E-state index is 12.1. The van der Waals surface area contributed by atoms with Crippen molar-refractivity contribution in [3.63, 3.8) is 0 Å². The second kappa shape index (κ2) is 8.99. The largest absolute Gasteiger partial charge is 0.459 e. The van der Waals surface area contributed by atoms with Crippen LogP contribution in [0.25, 0.3) is 0 Å². The number of benzene rings is 2. The number of hydrogen-bond acceptors (Lipinski definition) is 4. The van der Waals surface area contributed by atoms with Crippen molar-refractivity contribution in [2.24, 2.45) is 0 Å². The molecule has 0 aliphatic heterocycles. The molecule has 0 bridgehead atoms. The summed E-state index contributed by atoms with van der Waals surface area (Å²) in [5.41, 5.74) is 1.11. The molecule has 0 aliphatic rings. The summed E-state index contributed by atoms with van der Waals surface area (Å²) in [4.78, 5) is 24.9. The highest BCUT2D eigenvalue weighted by atomic mass is 35.5. The van der Waals surface area contributed by atoms with E-state index in [9.17, 15) is 9.59 Å². The van der Waals surface area contributed by atoms with E-state index in [1.165, 1.54) is 18.0 Å². The number of carbonyl (C=O) groups is 2. The zero-order valence-electron chi connectivity index (χ0n) is 13.9. The summed E-state index contributed by atoms with van der Waals surface area (Å²) < 4.78 is 5.04. The molecular weight excluding hydrogens is 407 g/mol. The molecule has 0 aliphatic carbocycles. The highest BCUT2D eigenvalue weighted by molar-refractivity contribution is 8.00. The number of anilines is 2. The van der Waals surface area contributed by atoms with Gasteiger partial charge in [0.1, 0.15) is 0 Å². The van der Waals surface area contributed by atoms with Gasteiger partial charge in [-0.25, -0.2) is 0 Å². The molecular formula is C19H14Cl2N2O3S. The Morgan fingerprint density at radius 1 is 1.00 bits per heavy atom. The number of carbonyl (C=O) groups excluding carboxylic acids is 2. The van der Waals surface area contributed by atoms with Gasteiger partial charge in [0.05, 0.1) is 22.7 Å². The molecule has 0 fully saturated rings. The van der Waals surface area contributed by atoms with Crippen molar-refractivity contribution in [1.82, 2.24) is 0 Å². The van der Waals surface area contributed by atoms with Crippen molar-refractivity contribution in [3.05, 3.63) is 76.7 Å². The predicted molar refractivity (Wildman–Crippen MR) is 109 cm³/mol. The lowest BCUT2D eigenvalue weighted by Crippen LogP contribution is -2.14. The van der Waals surface area contributed by atoms with Gasteiger partial charge in [-0.05, 0) is 54.6 Å². The smallest absolute Gasteiger partial charge is 0.291 e. The van der Waals surface area contributed by atoms with E-state index in [4.69, 9.17) is 27.6 Å². The maximum atomic E-state index is 12.1. The second-order valence-corrected chi connectivity index (χ2v) is 7.31. The van der Waals surface area contributed by atoms with E-state index < -0.39 is 0 Å². The van der Waals surface area contributed by atoms with Crippen LogP contribution in [0.1, 0.15) is 10.6 Å². The minimum Gasteiger partial charge on any atom is -0.459 e. The number of nitrogens with one attached hydrogen (secondary N) is 2. The topological polar surface area (TPSA) is 71.3 Å². The first kappa shape index (κ1) is 19.4. The van der Waals surface area contributed by atoms with Crippen LogP contribution < -0.4 is 10.6 Å². The molecule has 138 valence electrons. The van der Waals surface area contributed by atoms with E-state index >= 15 is 0 Å². The van der Waals surface area contributed by atoms with Crippen LogP contribution in [-0.4, -0.2) is 17.6 Å². The number of hydrogen-bond donors (Lipinski definition) is 2. The zero-order chi connectivity index (χ0) is 19.2. The predicted octanol–water partition coefficient (Wildman–Crippen LogP) is 5.57. The van der Waals surface area contributed by atoms with Crippen LogP contribution >= 0.6 is 35.0 Å². The molecule has 3 aromatic rings. The van der Waals surface area contributed by atoms with Crippen LogP contribution in [-0.2, 0) is 4.79 Å². The third kappa shape index (κ3) is 5.53. The van der Waals surface area contributed by atoms with Crippen molar-refractivity contribution in [2.75, 3.05) is 16.4 Å². The molecule has 0 radical (unpaired) electrons. The first-order valence-corrected chi connectivity index (χ1v) is 9.58. The lowest BCUT2D eigenvalue weighted by Gasteiger charge is -2.08.